The highest BCUT2D eigenvalue weighted by molar-refractivity contribution is 6.34. The number of hydrogen-bond acceptors (Lipinski definition) is 3. The van der Waals surface area contributed by atoms with Gasteiger partial charge in [-0.1, -0.05) is 17.7 Å². The molecule has 5 nitrogen and oxygen atoms in total. The standard InChI is InChI=1S/C12H13ClN2O3/c13-8-2-1-3-9(11(8)12(14)18)15-5-7(6-15)4-10(16)17/h1-3,7H,4-6H2,(H2,14,18)(H,16,17). The Hall–Kier alpha value is -1.75. The van der Waals surface area contributed by atoms with Crippen molar-refractivity contribution in [1.29, 1.82) is 0 Å². The van der Waals surface area contributed by atoms with Crippen LogP contribution in [0.4, 0.5) is 5.69 Å². The normalized spacial score (nSPS) is 15.3. The van der Waals surface area contributed by atoms with Crippen molar-refractivity contribution in [3.63, 3.8) is 0 Å². The smallest absolute Gasteiger partial charge is 0.303 e. The quantitative estimate of drug-likeness (QED) is 0.863. The summed E-state index contributed by atoms with van der Waals surface area (Å²) in [5, 5.41) is 9.00. The third-order valence-corrected chi connectivity index (χ3v) is 3.31. The highest BCUT2D eigenvalue weighted by Crippen LogP contribution is 2.32. The first-order chi connectivity index (χ1) is 8.49. The number of primary amides is 1. The van der Waals surface area contributed by atoms with Crippen molar-refractivity contribution in [2.45, 2.75) is 6.42 Å². The Morgan fingerprint density at radius 3 is 2.67 bits per heavy atom. The Morgan fingerprint density at radius 1 is 1.44 bits per heavy atom. The Balaban J connectivity index is 2.14. The van der Waals surface area contributed by atoms with Gasteiger partial charge in [-0.3, -0.25) is 9.59 Å². The van der Waals surface area contributed by atoms with Crippen LogP contribution in [-0.4, -0.2) is 30.1 Å². The Morgan fingerprint density at radius 2 is 2.11 bits per heavy atom. The van der Waals surface area contributed by atoms with Crippen molar-refractivity contribution in [1.82, 2.24) is 0 Å². The number of aliphatic carboxylic acids is 1. The monoisotopic (exact) mass is 268 g/mol. The average Bonchev–Trinajstić information content (AvgIpc) is 2.21. The Labute approximate surface area is 109 Å². The molecule has 1 saturated heterocycles. The van der Waals surface area contributed by atoms with Crippen LogP contribution in [0.15, 0.2) is 18.2 Å². The number of carboxylic acids is 1. The lowest BCUT2D eigenvalue weighted by Crippen LogP contribution is -2.48. The molecule has 1 heterocycles. The number of rotatable bonds is 4. The lowest BCUT2D eigenvalue weighted by molar-refractivity contribution is -0.138. The van der Waals surface area contributed by atoms with E-state index in [0.29, 0.717) is 29.4 Å². The molecule has 1 aliphatic rings. The minimum atomic E-state index is -0.805. The van der Waals surface area contributed by atoms with Gasteiger partial charge in [0.25, 0.3) is 5.91 Å². The van der Waals surface area contributed by atoms with Gasteiger partial charge in [0.15, 0.2) is 0 Å². The first-order valence-electron chi connectivity index (χ1n) is 5.54. The summed E-state index contributed by atoms with van der Waals surface area (Å²) < 4.78 is 0. The number of carboxylic acid groups (broad SMARTS) is 1. The maximum Gasteiger partial charge on any atom is 0.303 e. The van der Waals surface area contributed by atoms with Gasteiger partial charge in [-0.15, -0.1) is 0 Å². The fourth-order valence-corrected chi connectivity index (χ4v) is 2.43. The van der Waals surface area contributed by atoms with Gasteiger partial charge in [0.2, 0.25) is 0 Å². The summed E-state index contributed by atoms with van der Waals surface area (Å²) in [5.41, 5.74) is 6.28. The summed E-state index contributed by atoms with van der Waals surface area (Å²) >= 11 is 5.95. The van der Waals surface area contributed by atoms with Crippen LogP contribution >= 0.6 is 11.6 Å². The molecule has 1 amide bonds. The molecule has 6 heteroatoms. The third-order valence-electron chi connectivity index (χ3n) is 3.00. The van der Waals surface area contributed by atoms with Crippen molar-refractivity contribution >= 4 is 29.2 Å². The lowest BCUT2D eigenvalue weighted by atomic mass is 9.94. The third kappa shape index (κ3) is 2.41. The molecule has 0 aliphatic carbocycles. The van der Waals surface area contributed by atoms with Crippen LogP contribution in [0.1, 0.15) is 16.8 Å². The molecular formula is C12H13ClN2O3. The van der Waals surface area contributed by atoms with Crippen molar-refractivity contribution in [3.05, 3.63) is 28.8 Å². The van der Waals surface area contributed by atoms with E-state index >= 15 is 0 Å². The second-order valence-electron chi connectivity index (χ2n) is 4.37. The zero-order valence-corrected chi connectivity index (χ0v) is 10.4. The molecule has 0 spiro atoms. The summed E-state index contributed by atoms with van der Waals surface area (Å²) in [6.45, 7) is 1.21. The zero-order chi connectivity index (χ0) is 13.3. The van der Waals surface area contributed by atoms with E-state index in [9.17, 15) is 9.59 Å². The van der Waals surface area contributed by atoms with Crippen LogP contribution in [-0.2, 0) is 4.79 Å². The molecule has 0 saturated carbocycles. The molecule has 1 aliphatic heterocycles. The second kappa shape index (κ2) is 4.86. The molecule has 1 aromatic carbocycles. The van der Waals surface area contributed by atoms with E-state index in [1.54, 1.807) is 18.2 Å². The van der Waals surface area contributed by atoms with Crippen LogP contribution in [0.2, 0.25) is 5.02 Å². The molecule has 0 radical (unpaired) electrons. The van der Waals surface area contributed by atoms with Crippen molar-refractivity contribution < 1.29 is 14.7 Å². The van der Waals surface area contributed by atoms with Gasteiger partial charge in [-0.2, -0.15) is 0 Å². The van der Waals surface area contributed by atoms with Gasteiger partial charge in [-0.25, -0.2) is 0 Å². The minimum absolute atomic E-state index is 0.113. The van der Waals surface area contributed by atoms with Crippen LogP contribution in [0.25, 0.3) is 0 Å². The number of anilines is 1. The molecule has 0 bridgehead atoms. The molecule has 96 valence electrons. The first kappa shape index (κ1) is 12.7. The summed E-state index contributed by atoms with van der Waals surface area (Å²) in [7, 11) is 0. The van der Waals surface area contributed by atoms with E-state index < -0.39 is 11.9 Å². The lowest BCUT2D eigenvalue weighted by Gasteiger charge is -2.41. The maximum absolute atomic E-state index is 11.4. The van der Waals surface area contributed by atoms with E-state index in [4.69, 9.17) is 22.4 Å². The van der Waals surface area contributed by atoms with Gasteiger partial charge >= 0.3 is 5.97 Å². The number of carbonyl (C=O) groups excluding carboxylic acids is 1. The number of amides is 1. The Kier molecular flexibility index (Phi) is 3.43. The molecule has 1 fully saturated rings. The van der Waals surface area contributed by atoms with Crippen LogP contribution in [0, 0.1) is 5.92 Å². The highest BCUT2D eigenvalue weighted by Gasteiger charge is 2.31. The number of halogens is 1. The molecule has 2 rings (SSSR count). The molecule has 3 N–H and O–H groups in total. The van der Waals surface area contributed by atoms with E-state index in [0.717, 1.165) is 0 Å². The highest BCUT2D eigenvalue weighted by atomic mass is 35.5. The average molecular weight is 269 g/mol. The first-order valence-corrected chi connectivity index (χ1v) is 5.92. The molecule has 0 aromatic heterocycles. The molecule has 0 atom stereocenters. The fourth-order valence-electron chi connectivity index (χ4n) is 2.16. The number of nitrogens with two attached hydrogens (primary N) is 1. The van der Waals surface area contributed by atoms with E-state index in [1.165, 1.54) is 0 Å². The second-order valence-corrected chi connectivity index (χ2v) is 4.77. The summed E-state index contributed by atoms with van der Waals surface area (Å²) in [4.78, 5) is 23.8. The number of hydrogen-bond donors (Lipinski definition) is 2. The van der Waals surface area contributed by atoms with Crippen molar-refractivity contribution in [3.8, 4) is 0 Å². The summed E-state index contributed by atoms with van der Waals surface area (Å²) in [6.07, 6.45) is 0.142. The van der Waals surface area contributed by atoms with Gasteiger partial charge in [-0.05, 0) is 12.1 Å². The number of benzene rings is 1. The largest absolute Gasteiger partial charge is 0.481 e. The van der Waals surface area contributed by atoms with Gasteiger partial charge in [0.05, 0.1) is 22.7 Å². The maximum atomic E-state index is 11.4. The molecule has 18 heavy (non-hydrogen) atoms. The molecule has 1 aromatic rings. The summed E-state index contributed by atoms with van der Waals surface area (Å²) in [5.74, 6) is -1.26. The van der Waals surface area contributed by atoms with Gasteiger partial charge < -0.3 is 15.7 Å². The van der Waals surface area contributed by atoms with Crippen LogP contribution < -0.4 is 10.6 Å². The molecular weight excluding hydrogens is 256 g/mol. The minimum Gasteiger partial charge on any atom is -0.481 e. The van der Waals surface area contributed by atoms with Crippen molar-refractivity contribution in [2.24, 2.45) is 11.7 Å². The van der Waals surface area contributed by atoms with Crippen LogP contribution in [0.5, 0.6) is 0 Å². The summed E-state index contributed by atoms with van der Waals surface area (Å²) in [6, 6.07) is 5.12. The van der Waals surface area contributed by atoms with E-state index in [-0.39, 0.29) is 12.3 Å². The number of carbonyl (C=O) groups is 2. The van der Waals surface area contributed by atoms with Gasteiger partial charge in [0, 0.05) is 19.0 Å². The van der Waals surface area contributed by atoms with Crippen LogP contribution in [0.3, 0.4) is 0 Å². The van der Waals surface area contributed by atoms with Gasteiger partial charge in [0.1, 0.15) is 0 Å². The van der Waals surface area contributed by atoms with Crippen molar-refractivity contribution in [2.75, 3.05) is 18.0 Å². The SMILES string of the molecule is NC(=O)c1c(Cl)cccc1N1CC(CC(=O)O)C1. The predicted octanol–water partition coefficient (Wildman–Crippen LogP) is 1.35. The zero-order valence-electron chi connectivity index (χ0n) is 9.60. The Bertz CT molecular complexity index is 498. The topological polar surface area (TPSA) is 83.6 Å². The van der Waals surface area contributed by atoms with E-state index in [1.807, 2.05) is 4.90 Å². The number of nitrogens with zero attached hydrogens (tertiary/aromatic N) is 1. The fraction of sp³-hybridized carbons (Fsp3) is 0.333. The predicted molar refractivity (Wildman–Crippen MR) is 67.9 cm³/mol. The molecule has 0 unspecified atom stereocenters. The van der Waals surface area contributed by atoms with E-state index in [2.05, 4.69) is 0 Å².